The molecule has 0 radical (unpaired) electrons. The normalized spacial score (nSPS) is 12.2. The summed E-state index contributed by atoms with van der Waals surface area (Å²) >= 11 is 0. The van der Waals surface area contributed by atoms with Crippen molar-refractivity contribution in [2.24, 2.45) is 0 Å². The number of methoxy groups -OCH3 is 1. The third-order valence-electron chi connectivity index (χ3n) is 7.32. The number of carbonyl (C=O) groups is 2. The molecule has 0 fully saturated rings. The van der Waals surface area contributed by atoms with E-state index >= 15 is 0 Å². The van der Waals surface area contributed by atoms with E-state index in [-0.39, 0.29) is 29.5 Å². The molecule has 0 saturated carbocycles. The van der Waals surface area contributed by atoms with Crippen LogP contribution in [0.1, 0.15) is 37.5 Å². The minimum Gasteiger partial charge on any atom is -0.497 e. The Morgan fingerprint density at radius 2 is 1.47 bits per heavy atom. The van der Waals surface area contributed by atoms with E-state index in [1.54, 1.807) is 42.5 Å². The number of ether oxygens (including phenoxy) is 1. The number of sulfonamides is 1. The third-order valence-corrected chi connectivity index (χ3v) is 9.11. The van der Waals surface area contributed by atoms with Crippen molar-refractivity contribution in [2.45, 2.75) is 57.1 Å². The fourth-order valence-electron chi connectivity index (χ4n) is 4.99. The van der Waals surface area contributed by atoms with E-state index in [0.29, 0.717) is 5.75 Å². The van der Waals surface area contributed by atoms with Gasteiger partial charge in [0.05, 0.1) is 17.7 Å². The lowest BCUT2D eigenvalue weighted by molar-refractivity contribution is -0.140. The Morgan fingerprint density at radius 1 is 0.844 bits per heavy atom. The number of hydrogen-bond acceptors (Lipinski definition) is 5. The predicted octanol–water partition coefficient (Wildman–Crippen LogP) is 5.75. The number of nitrogens with one attached hydrogen (secondary N) is 1. The van der Waals surface area contributed by atoms with Gasteiger partial charge in [0, 0.05) is 24.6 Å². The minimum atomic E-state index is -4.19. The number of nitrogens with zero attached hydrogens (tertiary/aromatic N) is 2. The summed E-state index contributed by atoms with van der Waals surface area (Å²) in [7, 11) is -2.70. The number of amides is 2. The zero-order valence-electron chi connectivity index (χ0n) is 26.4. The van der Waals surface area contributed by atoms with Crippen LogP contribution in [0.25, 0.3) is 0 Å². The smallest absolute Gasteiger partial charge is 0.264 e. The molecular formula is C36H41N3O5S. The van der Waals surface area contributed by atoms with Gasteiger partial charge in [-0.25, -0.2) is 8.42 Å². The van der Waals surface area contributed by atoms with E-state index in [0.717, 1.165) is 21.0 Å². The molecular weight excluding hydrogens is 586 g/mol. The summed E-state index contributed by atoms with van der Waals surface area (Å²) in [6.45, 7) is 7.17. The number of carbonyl (C=O) groups excluding carboxylic acids is 2. The summed E-state index contributed by atoms with van der Waals surface area (Å²) < 4.78 is 34.7. The average Bonchev–Trinajstić information content (AvgIpc) is 3.02. The van der Waals surface area contributed by atoms with Crippen LogP contribution in [0.4, 0.5) is 5.69 Å². The molecule has 1 N–H and O–H groups in total. The van der Waals surface area contributed by atoms with Gasteiger partial charge in [-0.2, -0.15) is 0 Å². The summed E-state index contributed by atoms with van der Waals surface area (Å²) in [6, 6.07) is 30.8. The maximum Gasteiger partial charge on any atom is 0.264 e. The lowest BCUT2D eigenvalue weighted by Gasteiger charge is -2.35. The van der Waals surface area contributed by atoms with Crippen molar-refractivity contribution in [3.8, 4) is 5.75 Å². The van der Waals surface area contributed by atoms with Crippen molar-refractivity contribution in [3.63, 3.8) is 0 Å². The van der Waals surface area contributed by atoms with Crippen LogP contribution in [0.2, 0.25) is 0 Å². The maximum atomic E-state index is 14.6. The Kier molecular flexibility index (Phi) is 10.7. The SMILES string of the molecule is COc1cccc(N(CC(=O)N(Cc2ccccc2C)[C@H](Cc2ccccc2)C(=O)NC(C)(C)C)S(=O)(=O)c2ccccc2)c1. The first-order valence-electron chi connectivity index (χ1n) is 14.8. The van der Waals surface area contributed by atoms with Crippen LogP contribution in [0.3, 0.4) is 0 Å². The van der Waals surface area contributed by atoms with E-state index in [4.69, 9.17) is 4.74 Å². The Balaban J connectivity index is 1.83. The molecule has 45 heavy (non-hydrogen) atoms. The zero-order valence-corrected chi connectivity index (χ0v) is 27.3. The van der Waals surface area contributed by atoms with Gasteiger partial charge in [-0.05, 0) is 68.7 Å². The summed E-state index contributed by atoms with van der Waals surface area (Å²) in [5, 5.41) is 3.05. The van der Waals surface area contributed by atoms with Gasteiger partial charge in [0.15, 0.2) is 0 Å². The van der Waals surface area contributed by atoms with Crippen molar-refractivity contribution in [1.29, 1.82) is 0 Å². The number of anilines is 1. The molecule has 0 aliphatic rings. The van der Waals surface area contributed by atoms with Crippen LogP contribution in [0.15, 0.2) is 114 Å². The van der Waals surface area contributed by atoms with Crippen molar-refractivity contribution < 1.29 is 22.7 Å². The van der Waals surface area contributed by atoms with Gasteiger partial charge in [-0.1, -0.05) is 78.9 Å². The van der Waals surface area contributed by atoms with Crippen molar-refractivity contribution in [3.05, 3.63) is 126 Å². The van der Waals surface area contributed by atoms with Gasteiger partial charge in [0.2, 0.25) is 11.8 Å². The van der Waals surface area contributed by atoms with E-state index in [1.807, 2.05) is 82.3 Å². The van der Waals surface area contributed by atoms with Crippen molar-refractivity contribution in [1.82, 2.24) is 10.2 Å². The molecule has 8 nitrogen and oxygen atoms in total. The van der Waals surface area contributed by atoms with Crippen LogP contribution in [0.5, 0.6) is 5.75 Å². The topological polar surface area (TPSA) is 96.0 Å². The molecule has 0 aliphatic heterocycles. The monoisotopic (exact) mass is 627 g/mol. The van der Waals surface area contributed by atoms with Crippen LogP contribution >= 0.6 is 0 Å². The fourth-order valence-corrected chi connectivity index (χ4v) is 6.42. The third kappa shape index (κ3) is 8.73. The molecule has 0 saturated heterocycles. The van der Waals surface area contributed by atoms with Gasteiger partial charge >= 0.3 is 0 Å². The summed E-state index contributed by atoms with van der Waals surface area (Å²) in [5.41, 5.74) is 2.38. The van der Waals surface area contributed by atoms with Crippen LogP contribution in [-0.4, -0.2) is 50.4 Å². The quantitative estimate of drug-likeness (QED) is 0.216. The van der Waals surface area contributed by atoms with Gasteiger partial charge in [-0.15, -0.1) is 0 Å². The van der Waals surface area contributed by atoms with Gasteiger partial charge in [0.1, 0.15) is 18.3 Å². The molecule has 9 heteroatoms. The summed E-state index contributed by atoms with van der Waals surface area (Å²) in [6.07, 6.45) is 0.241. The molecule has 4 aromatic carbocycles. The van der Waals surface area contributed by atoms with Crippen molar-refractivity contribution in [2.75, 3.05) is 18.0 Å². The molecule has 0 aromatic heterocycles. The molecule has 0 spiro atoms. The highest BCUT2D eigenvalue weighted by molar-refractivity contribution is 7.92. The Hall–Kier alpha value is -4.63. The first-order chi connectivity index (χ1) is 21.4. The Bertz CT molecular complexity index is 1700. The van der Waals surface area contributed by atoms with E-state index in [9.17, 15) is 18.0 Å². The van der Waals surface area contributed by atoms with E-state index in [2.05, 4.69) is 5.32 Å². The number of rotatable bonds is 12. The molecule has 4 aromatic rings. The predicted molar refractivity (Wildman–Crippen MR) is 178 cm³/mol. The number of hydrogen-bond donors (Lipinski definition) is 1. The van der Waals surface area contributed by atoms with Gasteiger partial charge < -0.3 is 15.0 Å². The summed E-state index contributed by atoms with van der Waals surface area (Å²) in [4.78, 5) is 30.1. The number of aryl methyl sites for hydroxylation is 1. The second-order valence-electron chi connectivity index (χ2n) is 11.9. The largest absolute Gasteiger partial charge is 0.497 e. The fraction of sp³-hybridized carbons (Fsp3) is 0.278. The highest BCUT2D eigenvalue weighted by Gasteiger charge is 2.35. The van der Waals surface area contributed by atoms with Crippen LogP contribution in [-0.2, 0) is 32.6 Å². The van der Waals surface area contributed by atoms with Gasteiger partial charge in [-0.3, -0.25) is 13.9 Å². The molecule has 0 bridgehead atoms. The maximum absolute atomic E-state index is 14.6. The lowest BCUT2D eigenvalue weighted by atomic mass is 10.00. The first kappa shape index (κ1) is 33.3. The molecule has 1 atom stereocenters. The Morgan fingerprint density at radius 3 is 2.09 bits per heavy atom. The molecule has 0 heterocycles. The van der Waals surface area contributed by atoms with Crippen molar-refractivity contribution >= 4 is 27.5 Å². The van der Waals surface area contributed by atoms with Gasteiger partial charge in [0.25, 0.3) is 10.0 Å². The summed E-state index contributed by atoms with van der Waals surface area (Å²) in [5.74, 6) is -0.408. The Labute approximate surface area is 266 Å². The van der Waals surface area contributed by atoms with Crippen LogP contribution < -0.4 is 14.4 Å². The molecule has 4 rings (SSSR count). The molecule has 236 valence electrons. The average molecular weight is 628 g/mol. The molecule has 0 aliphatic carbocycles. The van der Waals surface area contributed by atoms with E-state index < -0.39 is 34.1 Å². The highest BCUT2D eigenvalue weighted by atomic mass is 32.2. The zero-order chi connectivity index (χ0) is 32.6. The minimum absolute atomic E-state index is 0.0392. The molecule has 0 unspecified atom stereocenters. The second kappa shape index (κ2) is 14.4. The molecule has 2 amide bonds. The van der Waals surface area contributed by atoms with Crippen LogP contribution in [0, 0.1) is 6.92 Å². The first-order valence-corrected chi connectivity index (χ1v) is 16.2. The van der Waals surface area contributed by atoms with E-state index in [1.165, 1.54) is 24.1 Å². The number of benzene rings is 4. The second-order valence-corrected chi connectivity index (χ2v) is 13.8. The standard InChI is InChI=1S/C36H41N3O5S/c1-27-15-12-13-18-29(27)25-38(33(35(41)37-36(2,3)4)23-28-16-8-6-9-17-28)34(40)26-39(30-19-14-20-31(24-30)44-5)45(42,43)32-21-10-7-11-22-32/h6-22,24,33H,23,25-26H2,1-5H3,(H,37,41)/t33-/m1/s1. The highest BCUT2D eigenvalue weighted by Crippen LogP contribution is 2.28. The lowest BCUT2D eigenvalue weighted by Crippen LogP contribution is -2.56.